The highest BCUT2D eigenvalue weighted by atomic mass is 79.9. The lowest BCUT2D eigenvalue weighted by Crippen LogP contribution is -2.35. The van der Waals surface area contributed by atoms with Gasteiger partial charge in [0.2, 0.25) is 43.6 Å². The molecule has 3 aliphatic heterocycles. The summed E-state index contributed by atoms with van der Waals surface area (Å²) >= 11 is 27.1. The van der Waals surface area contributed by atoms with Crippen molar-refractivity contribution >= 4 is 121 Å². The van der Waals surface area contributed by atoms with E-state index in [1.165, 1.54) is 63.1 Å². The van der Waals surface area contributed by atoms with Gasteiger partial charge in [-0.25, -0.2) is 35.3 Å². The fourth-order valence-electron chi connectivity index (χ4n) is 8.90. The molecule has 112 heavy (non-hydrogen) atoms. The molecule has 8 aromatic rings. The molecule has 3 aliphatic rings. The minimum atomic E-state index is -1.27. The molecule has 7 N–H and O–H groups in total. The number of ether oxygens (including phenoxy) is 11. The highest BCUT2D eigenvalue weighted by Crippen LogP contribution is 2.40. The van der Waals surface area contributed by atoms with Crippen molar-refractivity contribution in [1.29, 1.82) is 0 Å². The van der Waals surface area contributed by atoms with Crippen LogP contribution < -0.4 is 45.4 Å². The summed E-state index contributed by atoms with van der Waals surface area (Å²) in [4.78, 5) is 84.2. The Morgan fingerprint density at radius 2 is 0.929 bits per heavy atom. The van der Waals surface area contributed by atoms with E-state index in [0.717, 1.165) is 32.9 Å². The van der Waals surface area contributed by atoms with E-state index in [-0.39, 0.29) is 68.6 Å². The second-order valence-electron chi connectivity index (χ2n) is 21.5. The maximum atomic E-state index is 12.8. The molecule has 29 nitrogen and oxygen atoms in total. The lowest BCUT2D eigenvalue weighted by atomic mass is 10.0. The van der Waals surface area contributed by atoms with Crippen LogP contribution in [-0.4, -0.2) is 211 Å². The first kappa shape index (κ1) is 98.4. The molecule has 0 saturated carbocycles. The first-order valence-electron chi connectivity index (χ1n) is 32.6. The number of nitrogens with zero attached hydrogens (tertiary/aromatic N) is 5. The fraction of sp³-hybridized carbons (Fsp3) is 0.312. The number of oxazole rings is 1. The molecular formula is C77H92BrCl5N8O21. The minimum Gasteiger partial charge on any atom is -0.493 e. The van der Waals surface area contributed by atoms with Gasteiger partial charge in [-0.1, -0.05) is 145 Å². The number of aromatic nitrogens is 1. The monoisotopic (exact) mass is 1720 g/mol. The number of likely N-dealkylation sites (N-methyl/N-ethyl adjacent to an activating group) is 1. The van der Waals surface area contributed by atoms with Crippen molar-refractivity contribution in [3.05, 3.63) is 221 Å². The number of carbonyl (C=O) groups is 5. The van der Waals surface area contributed by atoms with Crippen molar-refractivity contribution in [2.45, 2.75) is 40.5 Å². The topological polar surface area (TPSA) is 376 Å². The van der Waals surface area contributed by atoms with Crippen LogP contribution in [0.25, 0.3) is 11.5 Å². The third kappa shape index (κ3) is 33.7. The van der Waals surface area contributed by atoms with Crippen LogP contribution >= 0.6 is 73.9 Å². The molecule has 1 amide bonds. The van der Waals surface area contributed by atoms with E-state index in [0.29, 0.717) is 69.2 Å². The Hall–Kier alpha value is -9.64. The summed E-state index contributed by atoms with van der Waals surface area (Å²) in [5.74, 6) is 2.09. The predicted molar refractivity (Wildman–Crippen MR) is 434 cm³/mol. The number of carboxylic acid groups (broad SMARTS) is 1. The number of hydrogen-bond donors (Lipinski definition) is 5. The first-order chi connectivity index (χ1) is 53.2. The van der Waals surface area contributed by atoms with Crippen molar-refractivity contribution in [3.8, 4) is 46.0 Å². The first-order valence-corrected chi connectivity index (χ1v) is 35.6. The van der Waals surface area contributed by atoms with Crippen molar-refractivity contribution in [2.24, 2.45) is 26.4 Å². The van der Waals surface area contributed by atoms with Crippen LogP contribution in [0.3, 0.4) is 0 Å². The Balaban J connectivity index is 0.000000457. The maximum Gasteiger partial charge on any atom is 0.332 e. The zero-order valence-electron chi connectivity index (χ0n) is 62.6. The summed E-state index contributed by atoms with van der Waals surface area (Å²) < 4.78 is 61.1. The van der Waals surface area contributed by atoms with Gasteiger partial charge in [0.15, 0.2) is 52.6 Å². The van der Waals surface area contributed by atoms with E-state index in [1.54, 1.807) is 52.6 Å². The molecule has 0 fully saturated rings. The number of benzene rings is 7. The second kappa shape index (κ2) is 54.1. The van der Waals surface area contributed by atoms with Crippen LogP contribution in [0.1, 0.15) is 62.3 Å². The van der Waals surface area contributed by atoms with Crippen molar-refractivity contribution in [2.75, 3.05) is 117 Å². The summed E-state index contributed by atoms with van der Waals surface area (Å²) in [6, 6.07) is 51.0. The Morgan fingerprint density at radius 3 is 1.25 bits per heavy atom. The molecule has 0 aliphatic carbocycles. The van der Waals surface area contributed by atoms with Gasteiger partial charge in [0.1, 0.15) is 38.4 Å². The average molecular weight is 1720 g/mol. The number of nitrogens with one attached hydrogen (secondary N) is 1. The molecule has 4 heterocycles. The number of aliphatic carboxylic acids is 1. The van der Waals surface area contributed by atoms with Crippen LogP contribution in [0.5, 0.6) is 34.5 Å². The molecule has 35 heteroatoms. The van der Waals surface area contributed by atoms with E-state index in [2.05, 4.69) is 50.9 Å². The third-order valence-electron chi connectivity index (χ3n) is 14.4. The number of carboxylic acids is 1. The Bertz CT molecular complexity index is 4120. The van der Waals surface area contributed by atoms with Crippen molar-refractivity contribution in [3.63, 3.8) is 0 Å². The van der Waals surface area contributed by atoms with E-state index < -0.39 is 38.8 Å². The Labute approximate surface area is 683 Å². The summed E-state index contributed by atoms with van der Waals surface area (Å²) in [6.07, 6.45) is 1.05. The lowest BCUT2D eigenvalue weighted by Gasteiger charge is -2.15. The van der Waals surface area contributed by atoms with Gasteiger partial charge in [0.05, 0.1) is 75.9 Å². The highest BCUT2D eigenvalue weighted by Gasteiger charge is 2.32. The Kier molecular flexibility index (Phi) is 47.6. The molecule has 608 valence electrons. The van der Waals surface area contributed by atoms with Crippen molar-refractivity contribution < 1.29 is 100 Å². The number of rotatable bonds is 22. The quantitative estimate of drug-likeness (QED) is 0.0138. The number of hydrogen-bond acceptors (Lipinski definition) is 27. The maximum absolute atomic E-state index is 12.8. The smallest absolute Gasteiger partial charge is 0.332 e. The van der Waals surface area contributed by atoms with E-state index in [4.69, 9.17) is 136 Å². The number of Topliss-reactive ketones (excluding diaryl/α,β-unsaturated/α-hetero) is 1. The number of ketones is 2. The molecule has 5 unspecified atom stereocenters. The number of alkyl halides is 6. The molecule has 5 atom stereocenters. The van der Waals surface area contributed by atoms with Crippen LogP contribution in [0.4, 0.5) is 0 Å². The number of aliphatic hydroxyl groups excluding tert-OH is 1. The van der Waals surface area contributed by atoms with Gasteiger partial charge >= 0.3 is 11.9 Å². The van der Waals surface area contributed by atoms with Gasteiger partial charge < -0.3 is 83.0 Å². The number of hydroxylamine groups is 3. The molecule has 0 radical (unpaired) electrons. The number of carbonyl (C=O) groups excluding carboxylic acids is 4. The summed E-state index contributed by atoms with van der Waals surface area (Å²) in [6.45, 7) is 0.225. The lowest BCUT2D eigenvalue weighted by molar-refractivity contribution is -0.170. The second-order valence-corrected chi connectivity index (χ2v) is 27.1. The largest absolute Gasteiger partial charge is 0.493 e. The van der Waals surface area contributed by atoms with Gasteiger partial charge in [-0.3, -0.25) is 24.0 Å². The number of esters is 1. The number of nitrogens with two attached hydrogens (primary N) is 2. The van der Waals surface area contributed by atoms with E-state index in [1.807, 2.05) is 152 Å². The molecular weight excluding hydrogens is 1630 g/mol. The molecule has 11 rings (SSSR count). The van der Waals surface area contributed by atoms with Gasteiger partial charge in [0, 0.05) is 54.6 Å². The molecule has 0 bridgehead atoms. The standard InChI is InChI=1S/C19H19NO5.C19H17NO5.C12H14N2O3.C10H9NO3.C8H11NO.C4H9NO3.C2H7NO.CBrCl3.CH2Cl2.CH4/c2*1-22-15-9-13(10-16(23-2)18(15)24-3)17(21)14-11-25-19(20-14)12-7-5-4-6-8-12;1-14(16-2)12(15)10-8-17-11(13-10)9-6-4-3-5-7-9;12-10(13)8-6-14-9(11-8)7-4-2-1-3-5-7;1-10-8(9)7-5-3-2-4-6-7;1-8-4(7)3(5)2-6;1-3-4-2;2-1(3,4)5;2-1-3;/h4-10,14H,11H2,1-3H3;4-11H,1-3H3;3-7,10H,8H2,1-2H3;1-5,8H,6H2,(H,12,13);2-6,8H,9H2,1H3;3,6H,2,5H2,1H3;3H,1-2H3;;1H2;1H4. The zero-order valence-corrected chi connectivity index (χ0v) is 67.9. The normalized spacial score (nSPS) is 14.2. The van der Waals surface area contributed by atoms with Gasteiger partial charge in [-0.2, -0.15) is 0 Å². The zero-order chi connectivity index (χ0) is 82.4. The number of methoxy groups -OCH3 is 8. The van der Waals surface area contributed by atoms with Crippen LogP contribution in [-0.2, 0) is 47.7 Å². The summed E-state index contributed by atoms with van der Waals surface area (Å²) in [5.41, 5.74) is 18.3. The highest BCUT2D eigenvalue weighted by molar-refractivity contribution is 9.11. The van der Waals surface area contributed by atoms with Gasteiger partial charge in [-0.05, 0) is 94.3 Å². The van der Waals surface area contributed by atoms with E-state index in [9.17, 15) is 24.0 Å². The molecule has 0 saturated heterocycles. The molecule has 7 aromatic carbocycles. The average Bonchev–Trinajstić information content (AvgIpc) is 1.10. The minimum absolute atomic E-state index is 0. The summed E-state index contributed by atoms with van der Waals surface area (Å²) in [5, 5.41) is 18.3. The predicted octanol–water partition coefficient (Wildman–Crippen LogP) is 12.4. The molecule has 1 aromatic heterocycles. The van der Waals surface area contributed by atoms with Crippen LogP contribution in [0.15, 0.2) is 202 Å². The van der Waals surface area contributed by atoms with Crippen molar-refractivity contribution in [1.82, 2.24) is 15.5 Å². The van der Waals surface area contributed by atoms with Crippen LogP contribution in [0, 0.1) is 0 Å². The van der Waals surface area contributed by atoms with E-state index >= 15 is 0 Å². The van der Waals surface area contributed by atoms with Gasteiger partial charge in [0.25, 0.3) is 5.91 Å². The third-order valence-corrected chi connectivity index (χ3v) is 14.4. The number of amides is 1. The number of aliphatic hydroxyl groups is 1. The molecule has 0 spiro atoms. The SMILES string of the molecule is C.CNOC.COC(=O)C(N)CO.COC(N)c1ccccc1.CON(C)C(=O)C1COC(c2ccccc2)=N1.COc1cc(C(=O)C2COC(c3ccccc3)=N2)cc(OC)c1OC.COc1cc(C(=O)c2coc(-c3ccccc3)n2)cc(OC)c1OC.ClC(Cl)(Cl)Br.ClCCl.O=C(O)C1COC(c2ccccc2)=N1. The Morgan fingerprint density at radius 1 is 0.580 bits per heavy atom. The van der Waals surface area contributed by atoms with Crippen LogP contribution in [0.2, 0.25) is 0 Å². The fourth-order valence-corrected chi connectivity index (χ4v) is 8.90. The number of aliphatic imine (C=N–C) groups is 3. The summed E-state index contributed by atoms with van der Waals surface area (Å²) in [7, 11) is 18.1. The number of halogens is 6. The van der Waals surface area contributed by atoms with Gasteiger partial charge in [-0.15, -0.1) is 23.2 Å².